The van der Waals surface area contributed by atoms with Gasteiger partial charge in [-0.1, -0.05) is 25.7 Å². The molecule has 0 fully saturated rings. The van der Waals surface area contributed by atoms with Crippen LogP contribution < -0.4 is 0 Å². The smallest absolute Gasteiger partial charge is 0.107 e. The zero-order chi connectivity index (χ0) is 14.9. The molecule has 0 aromatic rings. The van der Waals surface area contributed by atoms with E-state index < -0.39 is 0 Å². The third kappa shape index (κ3) is 17.4. The lowest BCUT2D eigenvalue weighted by molar-refractivity contribution is -0.00550. The molecule has 5 nitrogen and oxygen atoms in total. The van der Waals surface area contributed by atoms with Crippen molar-refractivity contribution in [3.8, 4) is 11.8 Å². The van der Waals surface area contributed by atoms with E-state index in [0.29, 0.717) is 65.4 Å². The van der Waals surface area contributed by atoms with Gasteiger partial charge in [0.25, 0.3) is 0 Å². The standard InChI is InChI=1S/C15H28O5/c1-15(2)5-4-6-17-9-10-19-13-14-20-12-11-18-8-7-16-3/h15H,6-14H2,1-3H3. The van der Waals surface area contributed by atoms with Crippen LogP contribution in [0.1, 0.15) is 13.8 Å². The van der Waals surface area contributed by atoms with Crippen molar-refractivity contribution in [1.29, 1.82) is 0 Å². The van der Waals surface area contributed by atoms with E-state index in [0.717, 1.165) is 0 Å². The highest BCUT2D eigenvalue weighted by molar-refractivity contribution is 5.01. The Bertz CT molecular complexity index is 244. The molecule has 20 heavy (non-hydrogen) atoms. The molecule has 0 bridgehead atoms. The normalized spacial score (nSPS) is 10.6. The van der Waals surface area contributed by atoms with Gasteiger partial charge in [0.15, 0.2) is 0 Å². The lowest BCUT2D eigenvalue weighted by Crippen LogP contribution is -2.12. The second-order valence-corrected chi connectivity index (χ2v) is 4.36. The van der Waals surface area contributed by atoms with Crippen molar-refractivity contribution in [1.82, 2.24) is 0 Å². The van der Waals surface area contributed by atoms with Crippen LogP contribution in [0.25, 0.3) is 0 Å². The molecule has 0 aliphatic rings. The molecule has 0 N–H and O–H groups in total. The zero-order valence-corrected chi connectivity index (χ0v) is 13.0. The maximum Gasteiger partial charge on any atom is 0.107 e. The summed E-state index contributed by atoms with van der Waals surface area (Å²) in [6.07, 6.45) is 0. The molecule has 0 atom stereocenters. The van der Waals surface area contributed by atoms with Gasteiger partial charge < -0.3 is 23.7 Å². The van der Waals surface area contributed by atoms with Crippen LogP contribution in [0, 0.1) is 17.8 Å². The first-order valence-corrected chi connectivity index (χ1v) is 7.05. The predicted octanol–water partition coefficient (Wildman–Crippen LogP) is 1.36. The second-order valence-electron chi connectivity index (χ2n) is 4.36. The van der Waals surface area contributed by atoms with Crippen molar-refractivity contribution in [2.45, 2.75) is 13.8 Å². The molecule has 0 aromatic carbocycles. The fourth-order valence-corrected chi connectivity index (χ4v) is 1.17. The van der Waals surface area contributed by atoms with E-state index in [-0.39, 0.29) is 0 Å². The molecular formula is C15H28O5. The van der Waals surface area contributed by atoms with Gasteiger partial charge in [0, 0.05) is 13.0 Å². The Kier molecular flexibility index (Phi) is 15.9. The Balaban J connectivity index is 3.01. The van der Waals surface area contributed by atoms with E-state index in [1.54, 1.807) is 7.11 Å². The molecule has 0 rings (SSSR count). The first-order chi connectivity index (χ1) is 9.77. The van der Waals surface area contributed by atoms with Crippen molar-refractivity contribution in [3.63, 3.8) is 0 Å². The van der Waals surface area contributed by atoms with E-state index >= 15 is 0 Å². The molecule has 0 aromatic heterocycles. The summed E-state index contributed by atoms with van der Waals surface area (Å²) < 4.78 is 26.1. The van der Waals surface area contributed by atoms with E-state index in [1.165, 1.54) is 0 Å². The highest BCUT2D eigenvalue weighted by Crippen LogP contribution is 1.86. The summed E-state index contributed by atoms with van der Waals surface area (Å²) >= 11 is 0. The Labute approximate surface area is 122 Å². The maximum atomic E-state index is 5.35. The van der Waals surface area contributed by atoms with Gasteiger partial charge in [0.1, 0.15) is 6.61 Å². The van der Waals surface area contributed by atoms with Crippen molar-refractivity contribution in [2.75, 3.05) is 66.6 Å². The average molecular weight is 288 g/mol. The fourth-order valence-electron chi connectivity index (χ4n) is 1.17. The highest BCUT2D eigenvalue weighted by Gasteiger charge is 1.92. The lowest BCUT2D eigenvalue weighted by atomic mass is 10.2. The molecule has 0 unspecified atom stereocenters. The number of rotatable bonds is 13. The highest BCUT2D eigenvalue weighted by atomic mass is 16.6. The SMILES string of the molecule is COCCOCCOCCOCCOCC#CC(C)C. The van der Waals surface area contributed by atoms with Crippen LogP contribution >= 0.6 is 0 Å². The summed E-state index contributed by atoms with van der Waals surface area (Å²) in [5.41, 5.74) is 0. The van der Waals surface area contributed by atoms with Gasteiger partial charge in [-0.05, 0) is 0 Å². The van der Waals surface area contributed by atoms with Gasteiger partial charge in [0.05, 0.1) is 52.9 Å². The predicted molar refractivity (Wildman–Crippen MR) is 77.8 cm³/mol. The molecule has 0 heterocycles. The lowest BCUT2D eigenvalue weighted by Gasteiger charge is -2.06. The van der Waals surface area contributed by atoms with Crippen LogP contribution in [-0.2, 0) is 23.7 Å². The summed E-state index contributed by atoms with van der Waals surface area (Å²) in [4.78, 5) is 0. The molecule has 0 radical (unpaired) electrons. The van der Waals surface area contributed by atoms with E-state index in [1.807, 2.05) is 0 Å². The minimum Gasteiger partial charge on any atom is -0.382 e. The van der Waals surface area contributed by atoms with Gasteiger partial charge in [-0.25, -0.2) is 0 Å². The number of ether oxygens (including phenoxy) is 5. The zero-order valence-electron chi connectivity index (χ0n) is 13.0. The summed E-state index contributed by atoms with van der Waals surface area (Å²) in [5.74, 6) is 6.38. The topological polar surface area (TPSA) is 46.2 Å². The molecular weight excluding hydrogens is 260 g/mol. The second kappa shape index (κ2) is 16.4. The minimum atomic E-state index is 0.394. The Morgan fingerprint density at radius 2 is 1.15 bits per heavy atom. The molecule has 0 saturated carbocycles. The van der Waals surface area contributed by atoms with Gasteiger partial charge in [-0.2, -0.15) is 0 Å². The number of hydrogen-bond acceptors (Lipinski definition) is 5. The minimum absolute atomic E-state index is 0.394. The fraction of sp³-hybridized carbons (Fsp3) is 0.867. The summed E-state index contributed by atoms with van der Waals surface area (Å²) in [7, 11) is 1.65. The van der Waals surface area contributed by atoms with Gasteiger partial charge in [-0.3, -0.25) is 0 Å². The van der Waals surface area contributed by atoms with E-state index in [4.69, 9.17) is 23.7 Å². The number of hydrogen-bond donors (Lipinski definition) is 0. The first kappa shape index (κ1) is 19.4. The molecule has 0 amide bonds. The first-order valence-electron chi connectivity index (χ1n) is 7.05. The van der Waals surface area contributed by atoms with Crippen LogP contribution in [0.2, 0.25) is 0 Å². The quantitative estimate of drug-likeness (QED) is 0.378. The van der Waals surface area contributed by atoms with Crippen molar-refractivity contribution >= 4 is 0 Å². The van der Waals surface area contributed by atoms with Crippen LogP contribution in [0.5, 0.6) is 0 Å². The molecule has 0 saturated heterocycles. The Hall–Kier alpha value is -0.640. The van der Waals surface area contributed by atoms with Gasteiger partial charge in [0.2, 0.25) is 0 Å². The van der Waals surface area contributed by atoms with E-state index in [9.17, 15) is 0 Å². The third-order valence-corrected chi connectivity index (χ3v) is 2.11. The van der Waals surface area contributed by atoms with Crippen molar-refractivity contribution in [3.05, 3.63) is 0 Å². The van der Waals surface area contributed by atoms with Gasteiger partial charge >= 0.3 is 0 Å². The summed E-state index contributed by atoms with van der Waals surface area (Å²) in [5, 5.41) is 0. The molecule has 5 heteroatoms. The summed E-state index contributed by atoms with van der Waals surface area (Å²) in [6.45, 7) is 9.23. The van der Waals surface area contributed by atoms with Crippen molar-refractivity contribution in [2.24, 2.45) is 5.92 Å². The van der Waals surface area contributed by atoms with Crippen molar-refractivity contribution < 1.29 is 23.7 Å². The Morgan fingerprint density at radius 1 is 0.700 bits per heavy atom. The number of methoxy groups -OCH3 is 1. The molecule has 0 aliphatic carbocycles. The molecule has 118 valence electrons. The third-order valence-electron chi connectivity index (χ3n) is 2.11. The monoisotopic (exact) mass is 288 g/mol. The largest absolute Gasteiger partial charge is 0.382 e. The van der Waals surface area contributed by atoms with Crippen LogP contribution in [0.3, 0.4) is 0 Å². The summed E-state index contributed by atoms with van der Waals surface area (Å²) in [6, 6.07) is 0. The van der Waals surface area contributed by atoms with Crippen LogP contribution in [0.4, 0.5) is 0 Å². The van der Waals surface area contributed by atoms with Crippen LogP contribution in [-0.4, -0.2) is 66.6 Å². The molecule has 0 aliphatic heterocycles. The molecule has 0 spiro atoms. The van der Waals surface area contributed by atoms with Gasteiger partial charge in [-0.15, -0.1) is 0 Å². The maximum absolute atomic E-state index is 5.35. The Morgan fingerprint density at radius 3 is 1.60 bits per heavy atom. The van der Waals surface area contributed by atoms with E-state index in [2.05, 4.69) is 25.7 Å². The van der Waals surface area contributed by atoms with Crippen LogP contribution in [0.15, 0.2) is 0 Å². The average Bonchev–Trinajstić information content (AvgIpc) is 2.43.